The van der Waals surface area contributed by atoms with E-state index in [9.17, 15) is 23.5 Å². The second-order valence-corrected chi connectivity index (χ2v) is 10.5. The minimum atomic E-state index is -2.87. The van der Waals surface area contributed by atoms with Crippen LogP contribution in [0.2, 0.25) is 0 Å². The van der Waals surface area contributed by atoms with Crippen LogP contribution < -0.4 is 5.32 Å². The quantitative estimate of drug-likeness (QED) is 0.329. The summed E-state index contributed by atoms with van der Waals surface area (Å²) in [5.74, 6) is -2.20. The summed E-state index contributed by atoms with van der Waals surface area (Å²) >= 11 is 0. The fourth-order valence-corrected chi connectivity index (χ4v) is 4.50. The molecule has 1 heterocycles. The van der Waals surface area contributed by atoms with Gasteiger partial charge in [-0.05, 0) is 68.2 Å². The molecule has 0 spiro atoms. The van der Waals surface area contributed by atoms with Crippen molar-refractivity contribution >= 4 is 17.4 Å². The number of hydrogen-bond donors (Lipinski definition) is 2. The maximum atomic E-state index is 13.7. The Morgan fingerprint density at radius 2 is 1.72 bits per heavy atom. The van der Waals surface area contributed by atoms with E-state index < -0.39 is 12.2 Å². The van der Waals surface area contributed by atoms with Gasteiger partial charge in [-0.2, -0.15) is 0 Å². The number of aryl methyl sites for hydroxylation is 1. The molecule has 5 nitrogen and oxygen atoms in total. The molecular formula is C32H48F2N2O3. The van der Waals surface area contributed by atoms with Gasteiger partial charge in [0, 0.05) is 31.1 Å². The molecule has 0 aliphatic carbocycles. The highest BCUT2D eigenvalue weighted by molar-refractivity contribution is 5.76. The Hall–Kier alpha value is -2.80. The third-order valence-electron chi connectivity index (χ3n) is 6.52. The van der Waals surface area contributed by atoms with Crippen LogP contribution in [0.5, 0.6) is 0 Å². The number of benzene rings is 2. The molecule has 1 aliphatic rings. The van der Waals surface area contributed by atoms with Gasteiger partial charge < -0.3 is 20.1 Å². The number of anilines is 1. The van der Waals surface area contributed by atoms with Crippen LogP contribution in [-0.2, 0) is 21.9 Å². The lowest BCUT2D eigenvalue weighted by atomic mass is 9.95. The maximum absolute atomic E-state index is 13.7. The molecule has 1 fully saturated rings. The average Bonchev–Trinajstić information content (AvgIpc) is 3.37. The van der Waals surface area contributed by atoms with Crippen molar-refractivity contribution in [3.05, 3.63) is 64.7 Å². The van der Waals surface area contributed by atoms with Gasteiger partial charge in [0.1, 0.15) is 12.0 Å². The summed E-state index contributed by atoms with van der Waals surface area (Å²) in [6, 6.07) is 12.8. The van der Waals surface area contributed by atoms with E-state index in [1.54, 1.807) is 30.0 Å². The fraction of sp³-hybridized carbons (Fsp3) is 0.562. The van der Waals surface area contributed by atoms with E-state index in [1.165, 1.54) is 31.0 Å². The standard InChI is InChI=1S/C15H19F2NO.C14H23NO.C3H6O/c1-3-14(19)18-10-6-9-13(18)11-7-4-5-8-12(11)15(2,16)17;1-5-11-7-8-13(15-14(16)6-2)12(9-11)10(3)4;1-3(2)4/h4-5,7-8,13H,3,6,9-10H2,1-2H3;7-10,14-16H,5-6H2,1-4H3;1-2H3/t;14-;/m.1./s1. The second-order valence-electron chi connectivity index (χ2n) is 10.5. The number of likely N-dealkylation sites (tertiary alicyclic amines) is 1. The lowest BCUT2D eigenvalue weighted by Gasteiger charge is -2.28. The third-order valence-corrected chi connectivity index (χ3v) is 6.52. The molecule has 2 N–H and O–H groups in total. The first-order chi connectivity index (χ1) is 18.3. The zero-order valence-corrected chi connectivity index (χ0v) is 25.0. The van der Waals surface area contributed by atoms with Crippen LogP contribution in [0.1, 0.15) is 115 Å². The predicted octanol–water partition coefficient (Wildman–Crippen LogP) is 7.98. The van der Waals surface area contributed by atoms with E-state index in [2.05, 4.69) is 44.3 Å². The van der Waals surface area contributed by atoms with Crippen LogP contribution in [0.3, 0.4) is 0 Å². The number of aliphatic hydroxyl groups is 1. The number of amides is 1. The summed E-state index contributed by atoms with van der Waals surface area (Å²) in [6.07, 6.45) is 3.37. The number of alkyl halides is 2. The zero-order chi connectivity index (χ0) is 29.8. The molecule has 2 atom stereocenters. The lowest BCUT2D eigenvalue weighted by molar-refractivity contribution is -0.131. The molecule has 0 radical (unpaired) electrons. The van der Waals surface area contributed by atoms with Crippen molar-refractivity contribution in [1.29, 1.82) is 0 Å². The first-order valence-corrected chi connectivity index (χ1v) is 14.1. The number of carbonyl (C=O) groups is 2. The Kier molecular flexibility index (Phi) is 14.3. The van der Waals surface area contributed by atoms with Crippen LogP contribution in [0.15, 0.2) is 42.5 Å². The third kappa shape index (κ3) is 11.1. The number of Topliss-reactive ketones (excluding diaryl/α,β-unsaturated/α-hetero) is 1. The van der Waals surface area contributed by atoms with E-state index in [4.69, 9.17) is 0 Å². The molecule has 3 rings (SSSR count). The molecule has 7 heteroatoms. The maximum Gasteiger partial charge on any atom is 0.270 e. The number of ketones is 1. The van der Waals surface area contributed by atoms with Crippen molar-refractivity contribution in [3.63, 3.8) is 0 Å². The van der Waals surface area contributed by atoms with Gasteiger partial charge in [-0.15, -0.1) is 0 Å². The molecule has 2 aromatic carbocycles. The molecule has 39 heavy (non-hydrogen) atoms. The van der Waals surface area contributed by atoms with Gasteiger partial charge in [0.2, 0.25) is 5.91 Å². The number of nitrogens with zero attached hydrogens (tertiary/aromatic N) is 1. The zero-order valence-electron chi connectivity index (χ0n) is 25.0. The molecule has 1 saturated heterocycles. The van der Waals surface area contributed by atoms with E-state index >= 15 is 0 Å². The summed E-state index contributed by atoms with van der Waals surface area (Å²) in [4.78, 5) is 23.1. The van der Waals surface area contributed by atoms with Crippen LogP contribution in [0.4, 0.5) is 14.5 Å². The fourth-order valence-electron chi connectivity index (χ4n) is 4.50. The Bertz CT molecular complexity index is 1050. The molecule has 0 aromatic heterocycles. The number of aliphatic hydroxyl groups excluding tert-OH is 1. The van der Waals surface area contributed by atoms with Gasteiger partial charge in [0.15, 0.2) is 0 Å². The van der Waals surface area contributed by atoms with E-state index in [0.29, 0.717) is 30.9 Å². The number of carbonyl (C=O) groups excluding carboxylic acids is 2. The molecule has 1 aliphatic heterocycles. The number of nitrogens with one attached hydrogen (secondary N) is 1. The van der Waals surface area contributed by atoms with Gasteiger partial charge in [-0.25, -0.2) is 8.78 Å². The van der Waals surface area contributed by atoms with Crippen LogP contribution in [0, 0.1) is 0 Å². The normalized spacial score (nSPS) is 15.6. The molecule has 0 bridgehead atoms. The largest absolute Gasteiger partial charge is 0.374 e. The minimum absolute atomic E-state index is 0.0378. The molecule has 0 saturated carbocycles. The topological polar surface area (TPSA) is 69.6 Å². The lowest BCUT2D eigenvalue weighted by Crippen LogP contribution is -2.31. The van der Waals surface area contributed by atoms with E-state index in [0.717, 1.165) is 31.9 Å². The van der Waals surface area contributed by atoms with Gasteiger partial charge in [0.25, 0.3) is 5.92 Å². The smallest absolute Gasteiger partial charge is 0.270 e. The summed E-state index contributed by atoms with van der Waals surface area (Å²) in [5, 5.41) is 12.8. The molecular weight excluding hydrogens is 498 g/mol. The Labute approximate surface area is 234 Å². The molecule has 1 unspecified atom stereocenters. The predicted molar refractivity (Wildman–Crippen MR) is 156 cm³/mol. The van der Waals surface area contributed by atoms with Crippen molar-refractivity contribution in [2.75, 3.05) is 11.9 Å². The van der Waals surface area contributed by atoms with Crippen molar-refractivity contribution < 1.29 is 23.5 Å². The van der Waals surface area contributed by atoms with Gasteiger partial charge >= 0.3 is 0 Å². The first kappa shape index (κ1) is 34.2. The number of rotatable bonds is 8. The van der Waals surface area contributed by atoms with E-state index in [1.807, 2.05) is 6.92 Å². The van der Waals surface area contributed by atoms with Crippen molar-refractivity contribution in [2.24, 2.45) is 0 Å². The minimum Gasteiger partial charge on any atom is -0.374 e. The summed E-state index contributed by atoms with van der Waals surface area (Å²) in [6.45, 7) is 14.9. The van der Waals surface area contributed by atoms with Crippen molar-refractivity contribution in [2.45, 2.75) is 112 Å². The van der Waals surface area contributed by atoms with Crippen molar-refractivity contribution in [3.8, 4) is 0 Å². The Morgan fingerprint density at radius 3 is 2.23 bits per heavy atom. The highest BCUT2D eigenvalue weighted by Crippen LogP contribution is 2.39. The van der Waals surface area contributed by atoms with Crippen molar-refractivity contribution in [1.82, 2.24) is 4.90 Å². The van der Waals surface area contributed by atoms with Crippen LogP contribution >= 0.6 is 0 Å². The van der Waals surface area contributed by atoms with E-state index in [-0.39, 0.29) is 23.3 Å². The highest BCUT2D eigenvalue weighted by Gasteiger charge is 2.35. The molecule has 1 amide bonds. The second kappa shape index (κ2) is 16.3. The Morgan fingerprint density at radius 1 is 1.10 bits per heavy atom. The summed E-state index contributed by atoms with van der Waals surface area (Å²) < 4.78 is 27.4. The number of halogens is 2. The highest BCUT2D eigenvalue weighted by atomic mass is 19.3. The monoisotopic (exact) mass is 546 g/mol. The molecule has 218 valence electrons. The van der Waals surface area contributed by atoms with Gasteiger partial charge in [0.05, 0.1) is 6.04 Å². The number of hydrogen-bond acceptors (Lipinski definition) is 4. The SMILES string of the molecule is CC(C)=O.CCC(=O)N1CCCC1c1ccccc1C(C)(F)F.CCc1ccc(N[C@H](O)CC)c(C(C)C)c1. The van der Waals surface area contributed by atoms with Gasteiger partial charge in [-0.3, -0.25) is 4.79 Å². The summed E-state index contributed by atoms with van der Waals surface area (Å²) in [5.41, 5.74) is 4.32. The van der Waals surface area contributed by atoms with Gasteiger partial charge in [-0.1, -0.05) is 71.0 Å². The van der Waals surface area contributed by atoms with Crippen LogP contribution in [-0.4, -0.2) is 34.5 Å². The molecule has 2 aromatic rings. The van der Waals surface area contributed by atoms with Crippen LogP contribution in [0.25, 0.3) is 0 Å². The average molecular weight is 547 g/mol. The first-order valence-electron chi connectivity index (χ1n) is 14.1. The Balaban J connectivity index is 0.000000347. The summed E-state index contributed by atoms with van der Waals surface area (Å²) in [7, 11) is 0.